The minimum atomic E-state index is -4.46. The number of rotatable bonds is 6. The van der Waals surface area contributed by atoms with E-state index < -0.39 is 30.5 Å². The summed E-state index contributed by atoms with van der Waals surface area (Å²) in [6, 6.07) is 5.87. The van der Waals surface area contributed by atoms with Gasteiger partial charge in [0.05, 0.1) is 6.10 Å². The molecule has 2 nitrogen and oxygen atoms in total. The number of ether oxygens (including phenoxy) is 1. The number of hydrogen-bond acceptors (Lipinski definition) is 2. The Bertz CT molecular complexity index is 850. The van der Waals surface area contributed by atoms with E-state index >= 15 is 0 Å². The van der Waals surface area contributed by atoms with Crippen LogP contribution in [0.1, 0.15) is 57.6 Å². The van der Waals surface area contributed by atoms with E-state index in [1.165, 1.54) is 12.2 Å². The second-order valence-electron chi connectivity index (χ2n) is 7.69. The lowest BCUT2D eigenvalue weighted by molar-refractivity contribution is -0.384. The fraction of sp³-hybridized carbons (Fsp3) is 0.500. The zero-order valence-corrected chi connectivity index (χ0v) is 19.1. The summed E-state index contributed by atoms with van der Waals surface area (Å²) < 4.78 is 58.4. The maximum Gasteiger partial charge on any atom is 0.419 e. The molecule has 7 heteroatoms. The number of halogens is 5. The molecule has 1 saturated heterocycles. The fourth-order valence-corrected chi connectivity index (χ4v) is 3.77. The van der Waals surface area contributed by atoms with Crippen molar-refractivity contribution in [3.8, 4) is 0 Å². The molecule has 0 spiro atoms. The molecule has 0 saturated carbocycles. The van der Waals surface area contributed by atoms with Crippen LogP contribution >= 0.6 is 11.6 Å². The molecule has 3 atom stereocenters. The van der Waals surface area contributed by atoms with E-state index in [-0.39, 0.29) is 0 Å². The lowest BCUT2D eigenvalue weighted by Crippen LogP contribution is -2.53. The first-order valence-corrected chi connectivity index (χ1v) is 11.0. The van der Waals surface area contributed by atoms with Gasteiger partial charge in [0.15, 0.2) is 0 Å². The molecule has 1 heterocycles. The minimum absolute atomic E-state index is 0.377. The van der Waals surface area contributed by atoms with Crippen molar-refractivity contribution in [1.82, 2.24) is 5.32 Å². The van der Waals surface area contributed by atoms with Gasteiger partial charge in [0.2, 0.25) is 0 Å². The summed E-state index contributed by atoms with van der Waals surface area (Å²) >= 11 is 6.22. The average molecular weight is 460 g/mol. The van der Waals surface area contributed by atoms with Crippen molar-refractivity contribution in [3.05, 3.63) is 70.4 Å². The van der Waals surface area contributed by atoms with Gasteiger partial charge in [-0.2, -0.15) is 17.6 Å². The van der Waals surface area contributed by atoms with Gasteiger partial charge in [-0.05, 0) is 41.2 Å². The number of hydrogen-bond donors (Lipinski definition) is 1. The van der Waals surface area contributed by atoms with E-state index in [9.17, 15) is 17.6 Å². The molecule has 1 aliphatic heterocycles. The molecule has 1 N–H and O–H groups in total. The van der Waals surface area contributed by atoms with Gasteiger partial charge >= 0.3 is 12.0 Å². The Morgan fingerprint density at radius 3 is 2.58 bits per heavy atom. The summed E-state index contributed by atoms with van der Waals surface area (Å²) in [5.74, 6) is -4.67. The van der Waals surface area contributed by atoms with Gasteiger partial charge in [-0.1, -0.05) is 70.2 Å². The van der Waals surface area contributed by atoms with Crippen LogP contribution in [0.4, 0.5) is 17.6 Å². The molecule has 1 aromatic rings. The third-order valence-electron chi connectivity index (χ3n) is 5.50. The van der Waals surface area contributed by atoms with Crippen molar-refractivity contribution in [2.24, 2.45) is 5.92 Å². The number of nitrogens with one attached hydrogen (secondary N) is 1. The number of allylic oxidation sites excluding steroid dienone is 1. The third kappa shape index (κ3) is 5.92. The first kappa shape index (κ1) is 25.5. The van der Waals surface area contributed by atoms with Crippen molar-refractivity contribution in [2.45, 2.75) is 71.1 Å². The summed E-state index contributed by atoms with van der Waals surface area (Å²) in [5.41, 5.74) is 3.22. The Morgan fingerprint density at radius 1 is 1.26 bits per heavy atom. The van der Waals surface area contributed by atoms with Crippen molar-refractivity contribution < 1.29 is 22.3 Å². The van der Waals surface area contributed by atoms with Gasteiger partial charge in [0.25, 0.3) is 0 Å². The predicted octanol–water partition coefficient (Wildman–Crippen LogP) is 7.61. The first-order valence-electron chi connectivity index (χ1n) is 10.6. The van der Waals surface area contributed by atoms with E-state index in [2.05, 4.69) is 36.5 Å². The Morgan fingerprint density at radius 2 is 1.94 bits per heavy atom. The zero-order valence-electron chi connectivity index (χ0n) is 18.3. The van der Waals surface area contributed by atoms with Crippen LogP contribution in [0.3, 0.4) is 0 Å². The van der Waals surface area contributed by atoms with Crippen LogP contribution < -0.4 is 5.32 Å². The van der Waals surface area contributed by atoms with Gasteiger partial charge in [-0.3, -0.25) is 0 Å². The molecule has 172 valence electrons. The maximum absolute atomic E-state index is 13.6. The molecule has 1 fully saturated rings. The summed E-state index contributed by atoms with van der Waals surface area (Å²) in [6.07, 6.45) is -1.04. The Labute approximate surface area is 187 Å². The molecule has 0 radical (unpaired) electrons. The van der Waals surface area contributed by atoms with Gasteiger partial charge in [-0.25, -0.2) is 0 Å². The maximum atomic E-state index is 13.6. The van der Waals surface area contributed by atoms with Crippen molar-refractivity contribution >= 4 is 11.6 Å². The summed E-state index contributed by atoms with van der Waals surface area (Å²) in [5, 5.41) is 3.81. The van der Waals surface area contributed by atoms with Crippen molar-refractivity contribution in [2.75, 3.05) is 0 Å². The molecule has 0 amide bonds. The quantitative estimate of drug-likeness (QED) is 0.442. The Hall–Kier alpha value is -1.79. The minimum Gasteiger partial charge on any atom is -0.381 e. The van der Waals surface area contributed by atoms with Crippen molar-refractivity contribution in [1.29, 1.82) is 0 Å². The van der Waals surface area contributed by atoms with Crippen LogP contribution in [-0.2, 0) is 11.3 Å². The van der Waals surface area contributed by atoms with Gasteiger partial charge in [-0.15, -0.1) is 0 Å². The molecule has 1 aromatic carbocycles. The summed E-state index contributed by atoms with van der Waals surface area (Å²) in [6.45, 7) is 12.6. The van der Waals surface area contributed by atoms with E-state index in [0.717, 1.165) is 17.5 Å². The Balaban J connectivity index is 0.00000166. The molecular formula is C24H30ClF4NO. The lowest BCUT2D eigenvalue weighted by atomic mass is 9.85. The summed E-state index contributed by atoms with van der Waals surface area (Å²) in [7, 11) is 0. The molecule has 0 bridgehead atoms. The first-order chi connectivity index (χ1) is 14.5. The zero-order chi connectivity index (χ0) is 23.4. The van der Waals surface area contributed by atoms with Crippen LogP contribution in [-0.4, -0.2) is 18.1 Å². The number of fused-ring (bicyclic) bond motifs is 1. The van der Waals surface area contributed by atoms with Crippen LogP contribution in [0.15, 0.2) is 54.3 Å². The SMILES string of the molecule is C=C(NCc1cc(Cl)cc(C(C)CC)c1)C1=CC2CC(F)(F)C(F)(F)OC2C=C1.CC. The van der Waals surface area contributed by atoms with Gasteiger partial charge < -0.3 is 10.1 Å². The normalized spacial score (nSPS) is 24.2. The van der Waals surface area contributed by atoms with Gasteiger partial charge in [0.1, 0.15) is 0 Å². The lowest BCUT2D eigenvalue weighted by Gasteiger charge is -2.40. The molecule has 3 rings (SSSR count). The number of alkyl halides is 4. The molecule has 0 aromatic heterocycles. The van der Waals surface area contributed by atoms with E-state index in [0.29, 0.717) is 28.8 Å². The molecule has 3 unspecified atom stereocenters. The topological polar surface area (TPSA) is 21.3 Å². The fourth-order valence-electron chi connectivity index (χ4n) is 3.51. The molecule has 1 aliphatic carbocycles. The standard InChI is InChI=1S/C22H24ClF4NO.C2H6/c1-4-13(2)17-7-15(8-19(23)10-17)12-28-14(3)16-5-6-20-18(9-16)11-21(24,25)22(26,27)29-20;1-2/h5-10,13,18,20,28H,3-4,11-12H2,1-2H3;1-2H3. The number of benzene rings is 1. The molecular weight excluding hydrogens is 430 g/mol. The van der Waals surface area contributed by atoms with Crippen LogP contribution in [0.5, 0.6) is 0 Å². The highest BCUT2D eigenvalue weighted by atomic mass is 35.5. The third-order valence-corrected chi connectivity index (χ3v) is 5.72. The van der Waals surface area contributed by atoms with Crippen molar-refractivity contribution in [3.63, 3.8) is 0 Å². The van der Waals surface area contributed by atoms with E-state index in [4.69, 9.17) is 11.6 Å². The second-order valence-corrected chi connectivity index (χ2v) is 8.12. The molecule has 2 aliphatic rings. The smallest absolute Gasteiger partial charge is 0.381 e. The highest BCUT2D eigenvalue weighted by Crippen LogP contribution is 2.48. The van der Waals surface area contributed by atoms with Crippen LogP contribution in [0, 0.1) is 5.92 Å². The average Bonchev–Trinajstić information content (AvgIpc) is 2.72. The van der Waals surface area contributed by atoms with Crippen LogP contribution in [0.25, 0.3) is 0 Å². The largest absolute Gasteiger partial charge is 0.419 e. The Kier molecular flexibility index (Phi) is 8.40. The monoisotopic (exact) mass is 459 g/mol. The second kappa shape index (κ2) is 10.2. The van der Waals surface area contributed by atoms with E-state index in [1.54, 1.807) is 6.08 Å². The summed E-state index contributed by atoms with van der Waals surface area (Å²) in [4.78, 5) is 0. The van der Waals surface area contributed by atoms with Crippen LogP contribution in [0.2, 0.25) is 5.02 Å². The molecule has 31 heavy (non-hydrogen) atoms. The van der Waals surface area contributed by atoms with Gasteiger partial charge in [0, 0.05) is 29.6 Å². The highest BCUT2D eigenvalue weighted by Gasteiger charge is 2.63. The van der Waals surface area contributed by atoms with E-state index in [1.807, 2.05) is 26.0 Å². The predicted molar refractivity (Wildman–Crippen MR) is 118 cm³/mol. The highest BCUT2D eigenvalue weighted by molar-refractivity contribution is 6.30.